The number of carbonyl (C=O) groups is 2. The Morgan fingerprint density at radius 2 is 2.17 bits per heavy atom. The number of nitrogens with one attached hydrogen (secondary N) is 2. The van der Waals surface area contributed by atoms with Gasteiger partial charge in [-0.2, -0.15) is 0 Å². The second-order valence-corrected chi connectivity index (χ2v) is 4.30. The molecular formula is C12H11N3O3. The standard InChI is InChI=1S/C12H11N3O3/c13-11(16)10-5-1-2-8-6(7(5)4-14-10)3-9(15-8)12(17)18/h1-3,10,14-15H,4H2,(H2,13,16)(H,17,18). The van der Waals surface area contributed by atoms with E-state index in [2.05, 4.69) is 10.3 Å². The quantitative estimate of drug-likeness (QED) is 0.617. The number of nitrogens with two attached hydrogens (primary N) is 1. The molecule has 2 heterocycles. The van der Waals surface area contributed by atoms with E-state index < -0.39 is 17.9 Å². The lowest BCUT2D eigenvalue weighted by atomic mass is 10.0. The molecule has 1 unspecified atom stereocenters. The highest BCUT2D eigenvalue weighted by molar-refractivity contribution is 5.96. The summed E-state index contributed by atoms with van der Waals surface area (Å²) in [6, 6.07) is 4.66. The number of hydrogen-bond acceptors (Lipinski definition) is 3. The molecule has 1 aromatic heterocycles. The van der Waals surface area contributed by atoms with Crippen molar-refractivity contribution in [2.75, 3.05) is 0 Å². The Morgan fingerprint density at radius 3 is 2.83 bits per heavy atom. The summed E-state index contributed by atoms with van der Waals surface area (Å²) in [6.07, 6.45) is 0. The Bertz CT molecular complexity index is 675. The molecule has 0 aliphatic carbocycles. The molecule has 5 N–H and O–H groups in total. The van der Waals surface area contributed by atoms with Crippen LogP contribution in [-0.4, -0.2) is 22.0 Å². The molecule has 0 saturated heterocycles. The van der Waals surface area contributed by atoms with Gasteiger partial charge in [0.05, 0.1) is 0 Å². The van der Waals surface area contributed by atoms with E-state index in [4.69, 9.17) is 10.8 Å². The van der Waals surface area contributed by atoms with Gasteiger partial charge in [0.25, 0.3) is 0 Å². The average molecular weight is 245 g/mol. The number of H-pyrrole nitrogens is 1. The SMILES string of the molecule is NC(=O)C1NCc2c1ccc1[nH]c(C(=O)O)cc21. The molecule has 3 rings (SSSR count). The van der Waals surface area contributed by atoms with Crippen LogP contribution in [-0.2, 0) is 11.3 Å². The van der Waals surface area contributed by atoms with Crippen LogP contribution in [0.15, 0.2) is 18.2 Å². The molecule has 1 aliphatic rings. The maximum Gasteiger partial charge on any atom is 0.352 e. The molecule has 18 heavy (non-hydrogen) atoms. The van der Waals surface area contributed by atoms with Crippen LogP contribution in [0.4, 0.5) is 0 Å². The molecule has 6 nitrogen and oxygen atoms in total. The summed E-state index contributed by atoms with van der Waals surface area (Å²) >= 11 is 0. The van der Waals surface area contributed by atoms with Gasteiger partial charge in [0.1, 0.15) is 11.7 Å². The van der Waals surface area contributed by atoms with Crippen LogP contribution in [0.2, 0.25) is 0 Å². The number of aromatic nitrogens is 1. The molecule has 1 atom stereocenters. The van der Waals surface area contributed by atoms with E-state index >= 15 is 0 Å². The van der Waals surface area contributed by atoms with Crippen LogP contribution in [0.5, 0.6) is 0 Å². The minimum atomic E-state index is -1.00. The molecule has 1 aliphatic heterocycles. The first-order chi connectivity index (χ1) is 8.58. The van der Waals surface area contributed by atoms with Gasteiger partial charge < -0.3 is 15.8 Å². The molecular weight excluding hydrogens is 234 g/mol. The van der Waals surface area contributed by atoms with Gasteiger partial charge in [-0.05, 0) is 23.3 Å². The predicted molar refractivity (Wildman–Crippen MR) is 64.0 cm³/mol. The third-order valence-electron chi connectivity index (χ3n) is 3.26. The van der Waals surface area contributed by atoms with Gasteiger partial charge in [-0.15, -0.1) is 0 Å². The highest BCUT2D eigenvalue weighted by Crippen LogP contribution is 2.32. The fourth-order valence-electron chi connectivity index (χ4n) is 2.43. The zero-order valence-corrected chi connectivity index (χ0v) is 9.36. The minimum absolute atomic E-state index is 0.140. The van der Waals surface area contributed by atoms with Crippen LogP contribution in [0.3, 0.4) is 0 Å². The van der Waals surface area contributed by atoms with Crippen molar-refractivity contribution in [2.24, 2.45) is 5.73 Å². The Kier molecular flexibility index (Phi) is 2.14. The summed E-state index contributed by atoms with van der Waals surface area (Å²) < 4.78 is 0. The van der Waals surface area contributed by atoms with Crippen LogP contribution >= 0.6 is 0 Å². The summed E-state index contributed by atoms with van der Waals surface area (Å²) in [5.74, 6) is -1.43. The number of hydrogen-bond donors (Lipinski definition) is 4. The first-order valence-corrected chi connectivity index (χ1v) is 5.48. The number of carbonyl (C=O) groups excluding carboxylic acids is 1. The minimum Gasteiger partial charge on any atom is -0.477 e. The van der Waals surface area contributed by atoms with Gasteiger partial charge in [0, 0.05) is 17.4 Å². The van der Waals surface area contributed by atoms with E-state index in [0.717, 1.165) is 22.0 Å². The Hall–Kier alpha value is -2.34. The van der Waals surface area contributed by atoms with Crippen molar-refractivity contribution in [2.45, 2.75) is 12.6 Å². The number of carboxylic acids is 1. The number of primary amides is 1. The summed E-state index contributed by atoms with van der Waals surface area (Å²) in [5, 5.41) is 12.8. The smallest absolute Gasteiger partial charge is 0.352 e. The van der Waals surface area contributed by atoms with Crippen LogP contribution in [0.1, 0.15) is 27.7 Å². The second-order valence-electron chi connectivity index (χ2n) is 4.30. The zero-order valence-electron chi connectivity index (χ0n) is 9.36. The van der Waals surface area contributed by atoms with Gasteiger partial charge in [-0.3, -0.25) is 10.1 Å². The third-order valence-corrected chi connectivity index (χ3v) is 3.26. The normalized spacial score (nSPS) is 17.9. The number of fused-ring (bicyclic) bond motifs is 3. The van der Waals surface area contributed by atoms with E-state index in [1.807, 2.05) is 0 Å². The first-order valence-electron chi connectivity index (χ1n) is 5.48. The molecule has 0 spiro atoms. The zero-order chi connectivity index (χ0) is 12.9. The maximum absolute atomic E-state index is 11.3. The number of carboxylic acid groups (broad SMARTS) is 1. The second kappa shape index (κ2) is 3.58. The summed E-state index contributed by atoms with van der Waals surface area (Å²) in [5.41, 5.74) is 7.95. The van der Waals surface area contributed by atoms with Crippen molar-refractivity contribution in [3.8, 4) is 0 Å². The molecule has 0 fully saturated rings. The highest BCUT2D eigenvalue weighted by Gasteiger charge is 2.28. The van der Waals surface area contributed by atoms with Crippen molar-refractivity contribution in [3.05, 3.63) is 35.0 Å². The van der Waals surface area contributed by atoms with Gasteiger partial charge in [-0.1, -0.05) is 6.07 Å². The topological polar surface area (TPSA) is 108 Å². The molecule has 6 heteroatoms. The molecule has 1 aromatic carbocycles. The van der Waals surface area contributed by atoms with Crippen molar-refractivity contribution >= 4 is 22.8 Å². The lowest BCUT2D eigenvalue weighted by molar-refractivity contribution is -0.119. The summed E-state index contributed by atoms with van der Waals surface area (Å²) in [7, 11) is 0. The molecule has 1 amide bonds. The van der Waals surface area contributed by atoms with Crippen molar-refractivity contribution in [1.82, 2.24) is 10.3 Å². The van der Waals surface area contributed by atoms with Crippen LogP contribution < -0.4 is 11.1 Å². The van der Waals surface area contributed by atoms with E-state index in [-0.39, 0.29) is 5.69 Å². The molecule has 0 bridgehead atoms. The number of amides is 1. The number of benzene rings is 1. The van der Waals surface area contributed by atoms with E-state index in [9.17, 15) is 9.59 Å². The van der Waals surface area contributed by atoms with E-state index in [1.54, 1.807) is 18.2 Å². The van der Waals surface area contributed by atoms with Crippen LogP contribution in [0.25, 0.3) is 10.9 Å². The first kappa shape index (κ1) is 10.8. The summed E-state index contributed by atoms with van der Waals surface area (Å²) in [6.45, 7) is 0.511. The fourth-order valence-corrected chi connectivity index (χ4v) is 2.43. The number of aromatic carboxylic acids is 1. The number of aromatic amines is 1. The molecule has 92 valence electrons. The Labute approximate surface area is 102 Å². The van der Waals surface area contributed by atoms with Gasteiger partial charge in [0.2, 0.25) is 5.91 Å². The lowest BCUT2D eigenvalue weighted by Crippen LogP contribution is -2.28. The van der Waals surface area contributed by atoms with Gasteiger partial charge in [0.15, 0.2) is 0 Å². The van der Waals surface area contributed by atoms with Gasteiger partial charge >= 0.3 is 5.97 Å². The number of rotatable bonds is 2. The average Bonchev–Trinajstić information content (AvgIpc) is 2.91. The van der Waals surface area contributed by atoms with Crippen LogP contribution in [0, 0.1) is 0 Å². The molecule has 0 saturated carbocycles. The van der Waals surface area contributed by atoms with Crippen molar-refractivity contribution in [1.29, 1.82) is 0 Å². The van der Waals surface area contributed by atoms with E-state index in [0.29, 0.717) is 6.54 Å². The van der Waals surface area contributed by atoms with E-state index in [1.165, 1.54) is 0 Å². The van der Waals surface area contributed by atoms with Gasteiger partial charge in [-0.25, -0.2) is 4.79 Å². The Morgan fingerprint density at radius 1 is 1.39 bits per heavy atom. The molecule has 0 radical (unpaired) electrons. The lowest BCUT2D eigenvalue weighted by Gasteiger charge is -2.06. The van der Waals surface area contributed by atoms with Crippen molar-refractivity contribution in [3.63, 3.8) is 0 Å². The van der Waals surface area contributed by atoms with Crippen molar-refractivity contribution < 1.29 is 14.7 Å². The largest absolute Gasteiger partial charge is 0.477 e. The Balaban J connectivity index is 2.21. The predicted octanol–water partition coefficient (Wildman–Crippen LogP) is 0.496. The highest BCUT2D eigenvalue weighted by atomic mass is 16.4. The molecule has 2 aromatic rings. The third kappa shape index (κ3) is 1.39. The fraction of sp³-hybridized carbons (Fsp3) is 0.167. The summed E-state index contributed by atoms with van der Waals surface area (Å²) in [4.78, 5) is 25.0. The maximum atomic E-state index is 11.3. The monoisotopic (exact) mass is 245 g/mol.